The molecule has 0 aliphatic carbocycles. The third-order valence-electron chi connectivity index (χ3n) is 15.6. The molecule has 8 rings (SSSR count). The first-order chi connectivity index (χ1) is 60.3. The van der Waals surface area contributed by atoms with E-state index in [9.17, 15) is 112 Å². The Morgan fingerprint density at radius 3 is 0.715 bits per heavy atom. The third kappa shape index (κ3) is 50.6. The zero-order valence-corrected chi connectivity index (χ0v) is 73.0. The number of alkyl halides is 9. The van der Waals surface area contributed by atoms with E-state index in [4.69, 9.17) is 54.3 Å². The molecule has 8 aromatic carbocycles. The number of halogens is 9. The number of esters is 2. The van der Waals surface area contributed by atoms with Crippen LogP contribution in [0.1, 0.15) is 78.6 Å². The van der Waals surface area contributed by atoms with Crippen molar-refractivity contribution < 1.29 is 192 Å². The van der Waals surface area contributed by atoms with Gasteiger partial charge in [0.05, 0.1) is 18.8 Å². The van der Waals surface area contributed by atoms with E-state index in [0.717, 1.165) is 35.5 Å². The molecule has 46 heteroatoms. The molecule has 33 nitrogen and oxygen atoms in total. The Kier molecular flexibility index (Phi) is 46.3. The molecule has 130 heavy (non-hydrogen) atoms. The Morgan fingerprint density at radius 2 is 0.515 bits per heavy atom. The predicted octanol–water partition coefficient (Wildman–Crippen LogP) is 12.4. The van der Waals surface area contributed by atoms with Gasteiger partial charge < -0.3 is 63.8 Å². The van der Waals surface area contributed by atoms with Crippen molar-refractivity contribution in [3.63, 3.8) is 0 Å². The fourth-order valence-electron chi connectivity index (χ4n) is 9.94. The second-order valence-corrected chi connectivity index (χ2v) is 34.0. The minimum Gasteiger partial charge on any atom is -0.489 e. The van der Waals surface area contributed by atoms with Crippen LogP contribution in [0, 0.1) is 5.92 Å². The van der Waals surface area contributed by atoms with Crippen LogP contribution in [0.25, 0.3) is 0 Å². The fraction of sp³-hybridized carbons (Fsp3) is 0.333. The van der Waals surface area contributed by atoms with E-state index < -0.39 is 162 Å². The van der Waals surface area contributed by atoms with Gasteiger partial charge in [0.2, 0.25) is 0 Å². The number of carboxylic acids is 6. The van der Waals surface area contributed by atoms with Gasteiger partial charge in [-0.15, -0.1) is 0 Å². The molecule has 0 saturated heterocycles. The number of hydrogen-bond acceptors (Lipinski definition) is 27. The van der Waals surface area contributed by atoms with Gasteiger partial charge in [-0.1, -0.05) is 166 Å². The quantitative estimate of drug-likeness (QED) is 0.00681. The van der Waals surface area contributed by atoms with Crippen LogP contribution in [-0.2, 0) is 157 Å². The summed E-state index contributed by atoms with van der Waals surface area (Å²) >= 11 is 0. The lowest BCUT2D eigenvalue weighted by Crippen LogP contribution is -2.35. The summed E-state index contributed by atoms with van der Waals surface area (Å²) in [5, 5.41) is 53.3. The molecule has 0 aliphatic heterocycles. The molecule has 0 bridgehead atoms. The number of rotatable bonds is 41. The highest BCUT2D eigenvalue weighted by molar-refractivity contribution is 7.87. The second kappa shape index (κ2) is 53.7. The molecule has 0 saturated carbocycles. The third-order valence-corrected chi connectivity index (χ3v) is 18.4. The van der Waals surface area contributed by atoms with E-state index in [1.54, 1.807) is 62.4 Å². The van der Waals surface area contributed by atoms with Crippen LogP contribution in [0.2, 0.25) is 0 Å². The van der Waals surface area contributed by atoms with E-state index in [-0.39, 0.29) is 49.3 Å². The van der Waals surface area contributed by atoms with E-state index in [1.165, 1.54) is 86.6 Å². The minimum absolute atomic E-state index is 0.0542. The highest BCUT2D eigenvalue weighted by Crippen LogP contribution is 2.29. The van der Waals surface area contributed by atoms with Gasteiger partial charge in [-0.2, -0.15) is 73.2 Å². The molecule has 8 aromatic rings. The number of carboxylic acid groups (broad SMARTS) is 6. The molecule has 0 aromatic heterocycles. The van der Waals surface area contributed by atoms with Crippen molar-refractivity contribution in [2.75, 3.05) is 32.0 Å². The summed E-state index contributed by atoms with van der Waals surface area (Å²) in [4.78, 5) is 87.0. The van der Waals surface area contributed by atoms with E-state index in [2.05, 4.69) is 26.2 Å². The van der Waals surface area contributed by atoms with Gasteiger partial charge in [-0.05, 0) is 118 Å². The Hall–Kier alpha value is -12.2. The van der Waals surface area contributed by atoms with Crippen molar-refractivity contribution in [1.82, 2.24) is 0 Å². The molecule has 6 unspecified atom stereocenters. The Balaban J connectivity index is 0.000000407. The smallest absolute Gasteiger partial charge is 0.489 e. The first kappa shape index (κ1) is 112. The molecule has 0 heterocycles. The van der Waals surface area contributed by atoms with Gasteiger partial charge in [0.15, 0.2) is 36.6 Å². The molecule has 0 aliphatic rings. The van der Waals surface area contributed by atoms with Crippen LogP contribution in [0.15, 0.2) is 212 Å². The predicted molar refractivity (Wildman–Crippen MR) is 442 cm³/mol. The van der Waals surface area contributed by atoms with Crippen molar-refractivity contribution in [3.05, 3.63) is 257 Å². The number of aliphatic carboxylic acids is 6. The van der Waals surface area contributed by atoms with E-state index in [1.807, 2.05) is 91.0 Å². The average Bonchev–Trinajstić information content (AvgIpc) is 0.817. The van der Waals surface area contributed by atoms with E-state index in [0.29, 0.717) is 65.1 Å². The monoisotopic (exact) mass is 1930 g/mol. The summed E-state index contributed by atoms with van der Waals surface area (Å²) in [7, 11) is -17.4. The van der Waals surface area contributed by atoms with Crippen LogP contribution >= 0.6 is 0 Å². The maximum atomic E-state index is 12.4. The molecule has 0 fully saturated rings. The summed E-state index contributed by atoms with van der Waals surface area (Å²) in [5.41, 5.74) is -0.301. The fourth-order valence-corrected chi connectivity index (χ4v) is 12.2. The van der Waals surface area contributed by atoms with Gasteiger partial charge in [0.25, 0.3) is 30.4 Å². The molecule has 0 amide bonds. The lowest BCUT2D eigenvalue weighted by molar-refractivity contribution is -0.193. The maximum Gasteiger partial charge on any atom is 0.523 e. The minimum atomic E-state index is -6.02. The van der Waals surface area contributed by atoms with Crippen LogP contribution in [0.5, 0.6) is 28.7 Å². The number of benzene rings is 8. The highest BCUT2D eigenvalue weighted by Gasteiger charge is 2.50. The molecule has 6 atom stereocenters. The van der Waals surface area contributed by atoms with Crippen molar-refractivity contribution >= 4 is 88.2 Å². The van der Waals surface area contributed by atoms with Crippen LogP contribution < -0.4 is 23.7 Å². The standard InChI is InChI=1S/C18H17F3O4.C17H15F3O6S.C17H18O6S.C13H13F3O5.C12H14O7S.C7H14O5S/c19-18(20,21)12-25-16(17(22)23)10-13-6-8-15(9-7-13)24-11-14-4-2-1-3-5-14;18-17(19,20)27(23,24)26-15(16(21)22)10-12-6-8-14(9-7-12)25-11-13-4-2-1-3-5-13;1-24(20,21)23-16(17(18)19)11-13-7-9-15(10-8-13)22-12-14-5-3-2-4-6-14;1-8(17)21-10-4-2-9(3-5-10)6-11(12(18)19)20-7-13(14,15)16;1-8(13)18-10-5-3-9(4-6-10)7-11(12(14)15)19-20(2,16)17;1-5(2)4-6(7(8)9)12-13(3,10)11/h1-9,16H,10-12H2,(H,22,23);1-9,15H,10-11H2,(H,21,22);2-10,16H,11-12H2,1H3,(H,18,19);2-5,11H,6-7H2,1H3,(H,18,19);3-6,11H,7H2,1-2H3,(H,14,15);5-6H,4H2,1-3H3,(H,8,9). The Bertz CT molecular complexity index is 5350. The molecule has 6 N–H and O–H groups in total. The lowest BCUT2D eigenvalue weighted by atomic mass is 10.1. The summed E-state index contributed by atoms with van der Waals surface area (Å²) in [6.45, 7) is 3.95. The largest absolute Gasteiger partial charge is 0.523 e. The SMILES string of the molecule is CC(=O)Oc1ccc(CC(OCC(F)(F)F)C(=O)O)cc1.CC(=O)Oc1ccc(CC(OS(C)(=O)=O)C(=O)O)cc1.CC(C)CC(OS(C)(=O)=O)C(=O)O.CS(=O)(=O)OC(Cc1ccc(OCc2ccccc2)cc1)C(=O)O.O=C(O)C(Cc1ccc(OCc2ccccc2)cc1)OCC(F)(F)F.O=C(O)C(Cc1ccc(OCc2ccccc2)cc1)OS(=O)(=O)C(F)(F)F. The second-order valence-electron chi connectivity index (χ2n) is 27.6. The summed E-state index contributed by atoms with van der Waals surface area (Å²) in [6.07, 6.45) is -17.2. The van der Waals surface area contributed by atoms with Crippen LogP contribution in [0.4, 0.5) is 39.5 Å². The Labute approximate surface area is 740 Å². The maximum absolute atomic E-state index is 12.4. The van der Waals surface area contributed by atoms with Crippen molar-refractivity contribution in [3.8, 4) is 28.7 Å². The zero-order valence-electron chi connectivity index (χ0n) is 69.8. The first-order valence-electron chi connectivity index (χ1n) is 37.5. The normalized spacial score (nSPS) is 12.9. The van der Waals surface area contributed by atoms with Gasteiger partial charge in [-0.25, -0.2) is 33.0 Å². The zero-order chi connectivity index (χ0) is 98.0. The van der Waals surface area contributed by atoms with Gasteiger partial charge in [0.1, 0.15) is 61.8 Å². The van der Waals surface area contributed by atoms with Crippen molar-refractivity contribution in [2.45, 2.75) is 141 Å². The summed E-state index contributed by atoms with van der Waals surface area (Å²) in [6, 6.07) is 59.4. The number of ether oxygens (including phenoxy) is 7. The Morgan fingerprint density at radius 1 is 0.300 bits per heavy atom. The van der Waals surface area contributed by atoms with Crippen LogP contribution in [0.3, 0.4) is 0 Å². The van der Waals surface area contributed by atoms with Gasteiger partial charge in [0, 0.05) is 46.0 Å². The summed E-state index contributed by atoms with van der Waals surface area (Å²) < 4.78 is 249. The van der Waals surface area contributed by atoms with Gasteiger partial charge >= 0.3 is 75.7 Å². The number of hydrogen-bond donors (Lipinski definition) is 6. The molecular formula is C84H91F9O33S4. The topological polar surface area (TPSA) is 496 Å². The van der Waals surface area contributed by atoms with Crippen molar-refractivity contribution in [1.29, 1.82) is 0 Å². The molecule has 0 radical (unpaired) electrons. The van der Waals surface area contributed by atoms with Crippen molar-refractivity contribution in [2.24, 2.45) is 5.92 Å². The van der Waals surface area contributed by atoms with Crippen LogP contribution in [-0.4, -0.2) is 199 Å². The highest BCUT2D eigenvalue weighted by atomic mass is 32.2. The number of carbonyl (C=O) groups is 8. The number of carbonyl (C=O) groups excluding carboxylic acids is 2. The lowest BCUT2D eigenvalue weighted by Gasteiger charge is -2.15. The van der Waals surface area contributed by atoms with E-state index >= 15 is 0 Å². The molecule has 712 valence electrons. The summed E-state index contributed by atoms with van der Waals surface area (Å²) in [5.74, 6) is -7.37. The molecular weight excluding hydrogens is 1840 g/mol. The first-order valence-corrected chi connectivity index (χ1v) is 44.4. The molecule has 0 spiro atoms. The average molecular weight is 1930 g/mol. The van der Waals surface area contributed by atoms with Gasteiger partial charge in [-0.3, -0.25) is 22.1 Å².